The minimum absolute atomic E-state index is 0.243. The first-order valence-corrected chi connectivity index (χ1v) is 4.51. The van der Waals surface area contributed by atoms with Gasteiger partial charge in [-0.3, -0.25) is 0 Å². The van der Waals surface area contributed by atoms with Crippen molar-refractivity contribution in [3.8, 4) is 0 Å². The number of ether oxygens (including phenoxy) is 1. The lowest BCUT2D eigenvalue weighted by molar-refractivity contribution is -0.112. The zero-order chi connectivity index (χ0) is 8.81. The number of carbonyl (C=O) groups excluding carboxylic acids is 1. The lowest BCUT2D eigenvalue weighted by atomic mass is 9.85. The number of rotatable bonds is 4. The summed E-state index contributed by atoms with van der Waals surface area (Å²) in [4.78, 5) is 9.99. The number of carbonyl (C=O) groups is 1. The quantitative estimate of drug-likeness (QED) is 0.363. The van der Waals surface area contributed by atoms with Gasteiger partial charge in [-0.15, -0.1) is 0 Å². The van der Waals surface area contributed by atoms with E-state index in [9.17, 15) is 4.79 Å². The maximum atomic E-state index is 9.99. The van der Waals surface area contributed by atoms with E-state index >= 15 is 0 Å². The minimum Gasteiger partial charge on any atom is -0.374 e. The molecule has 0 aromatic rings. The molecule has 0 radical (unpaired) electrons. The highest BCUT2D eigenvalue weighted by Gasteiger charge is 2.17. The van der Waals surface area contributed by atoms with Crippen LogP contribution in [-0.4, -0.2) is 19.5 Å². The Morgan fingerprint density at radius 3 is 2.92 bits per heavy atom. The summed E-state index contributed by atoms with van der Waals surface area (Å²) in [6, 6.07) is 0. The third-order valence-corrected chi connectivity index (χ3v) is 2.44. The first-order chi connectivity index (χ1) is 5.84. The topological polar surface area (TPSA) is 26.3 Å². The molecular formula is C10H16O2. The molecule has 0 N–H and O–H groups in total. The van der Waals surface area contributed by atoms with E-state index in [0.717, 1.165) is 25.7 Å². The largest absolute Gasteiger partial charge is 0.374 e. The van der Waals surface area contributed by atoms with Crippen molar-refractivity contribution in [2.24, 2.45) is 11.8 Å². The van der Waals surface area contributed by atoms with Crippen molar-refractivity contribution in [3.05, 3.63) is 12.2 Å². The second-order valence-corrected chi connectivity index (χ2v) is 3.38. The second-order valence-electron chi connectivity index (χ2n) is 3.38. The summed E-state index contributed by atoms with van der Waals surface area (Å²) in [5.41, 5.74) is 0. The van der Waals surface area contributed by atoms with Crippen molar-refractivity contribution in [1.82, 2.24) is 0 Å². The van der Waals surface area contributed by atoms with Crippen LogP contribution in [0.1, 0.15) is 19.8 Å². The average molecular weight is 168 g/mol. The molecule has 0 amide bonds. The van der Waals surface area contributed by atoms with E-state index in [1.54, 1.807) is 0 Å². The number of allylic oxidation sites excluding steroid dienone is 2. The Kier molecular flexibility index (Phi) is 4.01. The van der Waals surface area contributed by atoms with Gasteiger partial charge in [0.15, 0.2) is 0 Å². The second kappa shape index (κ2) is 5.09. The van der Waals surface area contributed by atoms with Crippen LogP contribution >= 0.6 is 0 Å². The molecule has 1 rings (SSSR count). The van der Waals surface area contributed by atoms with E-state index in [4.69, 9.17) is 4.74 Å². The molecule has 1 aliphatic rings. The van der Waals surface area contributed by atoms with Crippen molar-refractivity contribution in [3.63, 3.8) is 0 Å². The van der Waals surface area contributed by atoms with Gasteiger partial charge in [0.1, 0.15) is 12.9 Å². The Labute approximate surface area is 73.6 Å². The molecule has 0 fully saturated rings. The smallest absolute Gasteiger partial charge is 0.145 e. The van der Waals surface area contributed by atoms with Crippen LogP contribution in [0.3, 0.4) is 0 Å². The molecule has 0 aromatic heterocycles. The summed E-state index contributed by atoms with van der Waals surface area (Å²) >= 11 is 0. The lowest BCUT2D eigenvalue weighted by Crippen LogP contribution is -2.19. The standard InChI is InChI=1S/C10H16O2/c1-9-4-2-3-5-10(9)8-12-7-6-11/h2-3,6,9-10H,4-5,7-8H2,1H3. The van der Waals surface area contributed by atoms with Gasteiger partial charge in [-0.25, -0.2) is 0 Å². The molecule has 2 heteroatoms. The van der Waals surface area contributed by atoms with Crippen molar-refractivity contribution >= 4 is 6.29 Å². The zero-order valence-electron chi connectivity index (χ0n) is 7.53. The van der Waals surface area contributed by atoms with Crippen LogP contribution in [0, 0.1) is 11.8 Å². The van der Waals surface area contributed by atoms with Gasteiger partial charge in [0.25, 0.3) is 0 Å². The van der Waals surface area contributed by atoms with Crippen molar-refractivity contribution in [2.45, 2.75) is 19.8 Å². The summed E-state index contributed by atoms with van der Waals surface area (Å²) < 4.78 is 5.19. The summed E-state index contributed by atoms with van der Waals surface area (Å²) in [6.07, 6.45) is 7.48. The van der Waals surface area contributed by atoms with E-state index < -0.39 is 0 Å². The van der Waals surface area contributed by atoms with Crippen molar-refractivity contribution in [2.75, 3.05) is 13.2 Å². The third kappa shape index (κ3) is 2.78. The molecule has 0 aromatic carbocycles. The molecule has 0 bridgehead atoms. The van der Waals surface area contributed by atoms with Gasteiger partial charge in [0.2, 0.25) is 0 Å². The highest BCUT2D eigenvalue weighted by molar-refractivity contribution is 5.50. The Balaban J connectivity index is 2.21. The van der Waals surface area contributed by atoms with Crippen molar-refractivity contribution in [1.29, 1.82) is 0 Å². The van der Waals surface area contributed by atoms with E-state index in [1.807, 2.05) is 0 Å². The van der Waals surface area contributed by atoms with Crippen LogP contribution in [0.5, 0.6) is 0 Å². The predicted molar refractivity (Wildman–Crippen MR) is 47.9 cm³/mol. The van der Waals surface area contributed by atoms with Gasteiger partial charge >= 0.3 is 0 Å². The van der Waals surface area contributed by atoms with Gasteiger partial charge in [-0.2, -0.15) is 0 Å². The fourth-order valence-electron chi connectivity index (χ4n) is 1.51. The van der Waals surface area contributed by atoms with Gasteiger partial charge in [-0.05, 0) is 24.7 Å². The summed E-state index contributed by atoms with van der Waals surface area (Å²) in [5.74, 6) is 1.30. The molecule has 2 nitrogen and oxygen atoms in total. The number of hydrogen-bond acceptors (Lipinski definition) is 2. The molecule has 0 saturated carbocycles. The highest BCUT2D eigenvalue weighted by Crippen LogP contribution is 2.24. The first kappa shape index (κ1) is 9.46. The summed E-state index contributed by atoms with van der Waals surface area (Å²) in [6.45, 7) is 3.20. The van der Waals surface area contributed by atoms with Crippen LogP contribution in [0.2, 0.25) is 0 Å². The molecule has 0 heterocycles. The fraction of sp³-hybridized carbons (Fsp3) is 0.700. The fourth-order valence-corrected chi connectivity index (χ4v) is 1.51. The van der Waals surface area contributed by atoms with Gasteiger partial charge < -0.3 is 9.53 Å². The van der Waals surface area contributed by atoms with Crippen LogP contribution in [-0.2, 0) is 9.53 Å². The van der Waals surface area contributed by atoms with E-state index in [2.05, 4.69) is 19.1 Å². The predicted octanol–water partition coefficient (Wildman–Crippen LogP) is 1.80. The maximum absolute atomic E-state index is 9.99. The van der Waals surface area contributed by atoms with Gasteiger partial charge in [0.05, 0.1) is 6.61 Å². The van der Waals surface area contributed by atoms with Crippen LogP contribution in [0.15, 0.2) is 12.2 Å². The maximum Gasteiger partial charge on any atom is 0.145 e. The molecule has 0 saturated heterocycles. The molecule has 2 atom stereocenters. The van der Waals surface area contributed by atoms with Crippen LogP contribution in [0.4, 0.5) is 0 Å². The monoisotopic (exact) mass is 168 g/mol. The molecule has 0 aliphatic heterocycles. The van der Waals surface area contributed by atoms with Crippen LogP contribution in [0.25, 0.3) is 0 Å². The molecule has 1 aliphatic carbocycles. The molecule has 12 heavy (non-hydrogen) atoms. The third-order valence-electron chi connectivity index (χ3n) is 2.44. The summed E-state index contributed by atoms with van der Waals surface area (Å²) in [5, 5.41) is 0. The van der Waals surface area contributed by atoms with Gasteiger partial charge in [-0.1, -0.05) is 19.1 Å². The number of hydrogen-bond donors (Lipinski definition) is 0. The lowest BCUT2D eigenvalue weighted by Gasteiger charge is -2.24. The van der Waals surface area contributed by atoms with E-state index in [1.165, 1.54) is 0 Å². The van der Waals surface area contributed by atoms with Crippen LogP contribution < -0.4 is 0 Å². The Morgan fingerprint density at radius 1 is 1.50 bits per heavy atom. The van der Waals surface area contributed by atoms with E-state index in [0.29, 0.717) is 11.8 Å². The molecular weight excluding hydrogens is 152 g/mol. The summed E-state index contributed by atoms with van der Waals surface area (Å²) in [7, 11) is 0. The molecule has 2 unspecified atom stereocenters. The SMILES string of the molecule is CC1CC=CCC1COCC=O. The highest BCUT2D eigenvalue weighted by atomic mass is 16.5. The van der Waals surface area contributed by atoms with Crippen molar-refractivity contribution < 1.29 is 9.53 Å². The molecule has 0 spiro atoms. The zero-order valence-corrected chi connectivity index (χ0v) is 7.53. The first-order valence-electron chi connectivity index (χ1n) is 4.51. The normalized spacial score (nSPS) is 28.8. The Bertz CT molecular complexity index is 163. The number of aldehydes is 1. The van der Waals surface area contributed by atoms with Gasteiger partial charge in [0, 0.05) is 0 Å². The van der Waals surface area contributed by atoms with E-state index in [-0.39, 0.29) is 6.61 Å². The Hall–Kier alpha value is -0.630. The molecule has 68 valence electrons. The Morgan fingerprint density at radius 2 is 2.25 bits per heavy atom. The average Bonchev–Trinajstić information content (AvgIpc) is 2.09. The minimum atomic E-state index is 0.243.